The summed E-state index contributed by atoms with van der Waals surface area (Å²) in [6.45, 7) is 3.13. The van der Waals surface area contributed by atoms with E-state index in [-0.39, 0.29) is 41.1 Å². The van der Waals surface area contributed by atoms with Crippen molar-refractivity contribution in [2.75, 3.05) is 5.73 Å². The van der Waals surface area contributed by atoms with Crippen molar-refractivity contribution in [2.24, 2.45) is 0 Å². The Labute approximate surface area is 163 Å². The lowest BCUT2D eigenvalue weighted by Crippen LogP contribution is -2.69. The highest BCUT2D eigenvalue weighted by atomic mass is 32.2. The lowest BCUT2D eigenvalue weighted by atomic mass is 10.1. The minimum atomic E-state index is -0.653. The standard InChI is InChI=1S/C16H18N4O5S2/c1-7(21)3-12(23)25-10-5-20-14(24)13(15(20)27-8(10)2)19-11(22)4-9-6-26-16(17)18-9/h5-6,8,13,15H,3-4H2,1-2H3,(H2,17,18)(H,19,22)/t8?,13?,15-/m1/s1. The van der Waals surface area contributed by atoms with Gasteiger partial charge in [0.2, 0.25) is 5.91 Å². The molecule has 9 nitrogen and oxygen atoms in total. The predicted molar refractivity (Wildman–Crippen MR) is 99.3 cm³/mol. The molecule has 0 saturated carbocycles. The van der Waals surface area contributed by atoms with E-state index in [4.69, 9.17) is 10.5 Å². The Balaban J connectivity index is 1.59. The molecule has 3 N–H and O–H groups in total. The number of hydrogen-bond acceptors (Lipinski definition) is 9. The number of amides is 2. The van der Waals surface area contributed by atoms with Crippen molar-refractivity contribution in [1.29, 1.82) is 0 Å². The highest BCUT2D eigenvalue weighted by Gasteiger charge is 2.51. The third kappa shape index (κ3) is 4.30. The molecule has 1 saturated heterocycles. The van der Waals surface area contributed by atoms with Gasteiger partial charge in [0.05, 0.1) is 17.4 Å². The van der Waals surface area contributed by atoms with Crippen LogP contribution in [0.5, 0.6) is 0 Å². The fourth-order valence-electron chi connectivity index (χ4n) is 2.69. The van der Waals surface area contributed by atoms with E-state index >= 15 is 0 Å². The molecule has 3 heterocycles. The van der Waals surface area contributed by atoms with Crippen molar-refractivity contribution in [1.82, 2.24) is 15.2 Å². The summed E-state index contributed by atoms with van der Waals surface area (Å²) in [6, 6.07) is -0.647. The number of carbonyl (C=O) groups is 4. The molecule has 0 radical (unpaired) electrons. The number of anilines is 1. The number of hydrogen-bond donors (Lipinski definition) is 2. The Morgan fingerprint density at radius 1 is 1.41 bits per heavy atom. The molecule has 0 aromatic carbocycles. The molecule has 3 atom stereocenters. The first-order chi connectivity index (χ1) is 12.7. The van der Waals surface area contributed by atoms with Crippen LogP contribution in [-0.4, -0.2) is 50.1 Å². The van der Waals surface area contributed by atoms with Crippen LogP contribution in [0.25, 0.3) is 0 Å². The van der Waals surface area contributed by atoms with Gasteiger partial charge in [0, 0.05) is 11.6 Å². The molecule has 11 heteroatoms. The quantitative estimate of drug-likeness (QED) is 0.392. The number of nitrogen functional groups attached to an aromatic ring is 1. The van der Waals surface area contributed by atoms with Crippen LogP contribution in [0, 0.1) is 0 Å². The molecule has 1 aromatic heterocycles. The molecule has 2 aliphatic heterocycles. The van der Waals surface area contributed by atoms with Crippen molar-refractivity contribution >= 4 is 51.8 Å². The normalized spacial score (nSPS) is 23.8. The number of nitrogens with one attached hydrogen (secondary N) is 1. The average molecular weight is 410 g/mol. The maximum absolute atomic E-state index is 12.3. The summed E-state index contributed by atoms with van der Waals surface area (Å²) in [6.07, 6.45) is 1.20. The molecule has 3 rings (SSSR count). The molecular weight excluding hydrogens is 392 g/mol. The second-order valence-corrected chi connectivity index (χ2v) is 8.55. The van der Waals surface area contributed by atoms with Crippen molar-refractivity contribution in [3.63, 3.8) is 0 Å². The number of aromatic nitrogens is 1. The molecule has 2 unspecified atom stereocenters. The smallest absolute Gasteiger partial charge is 0.318 e. The first-order valence-corrected chi connectivity index (χ1v) is 9.95. The summed E-state index contributed by atoms with van der Waals surface area (Å²) in [5, 5.41) is 4.33. The Bertz CT molecular complexity index is 837. The number of rotatable bonds is 6. The van der Waals surface area contributed by atoms with Gasteiger partial charge in [0.1, 0.15) is 29.4 Å². The zero-order valence-corrected chi connectivity index (χ0v) is 16.3. The van der Waals surface area contributed by atoms with Gasteiger partial charge in [-0.05, 0) is 13.8 Å². The van der Waals surface area contributed by atoms with Gasteiger partial charge in [-0.1, -0.05) is 0 Å². The molecule has 27 heavy (non-hydrogen) atoms. The summed E-state index contributed by atoms with van der Waals surface area (Å²) in [7, 11) is 0. The van der Waals surface area contributed by atoms with E-state index in [1.54, 1.807) is 5.38 Å². The van der Waals surface area contributed by atoms with Gasteiger partial charge in [0.25, 0.3) is 5.91 Å². The lowest BCUT2D eigenvalue weighted by Gasteiger charge is -2.48. The van der Waals surface area contributed by atoms with E-state index < -0.39 is 12.0 Å². The molecule has 1 aromatic rings. The number of Topliss-reactive ketones (excluding diaryl/α,β-unsaturated/α-hetero) is 1. The number of ketones is 1. The van der Waals surface area contributed by atoms with Crippen LogP contribution in [0.1, 0.15) is 26.0 Å². The van der Waals surface area contributed by atoms with Gasteiger partial charge in [0.15, 0.2) is 5.13 Å². The van der Waals surface area contributed by atoms with Crippen LogP contribution in [0.3, 0.4) is 0 Å². The number of carbonyl (C=O) groups excluding carboxylic acids is 4. The van der Waals surface area contributed by atoms with Gasteiger partial charge in [-0.25, -0.2) is 4.98 Å². The van der Waals surface area contributed by atoms with Crippen molar-refractivity contribution in [3.05, 3.63) is 23.0 Å². The zero-order chi connectivity index (χ0) is 19.7. The summed E-state index contributed by atoms with van der Waals surface area (Å²) >= 11 is 2.65. The van der Waals surface area contributed by atoms with Crippen molar-refractivity contribution in [2.45, 2.75) is 43.4 Å². The lowest BCUT2D eigenvalue weighted by molar-refractivity contribution is -0.146. The average Bonchev–Trinajstić information content (AvgIpc) is 2.98. The highest BCUT2D eigenvalue weighted by Crippen LogP contribution is 2.40. The Morgan fingerprint density at radius 2 is 2.15 bits per heavy atom. The van der Waals surface area contributed by atoms with Gasteiger partial charge in [-0.2, -0.15) is 0 Å². The van der Waals surface area contributed by atoms with Crippen molar-refractivity contribution in [3.8, 4) is 0 Å². The first-order valence-electron chi connectivity index (χ1n) is 8.13. The maximum Gasteiger partial charge on any atom is 0.318 e. The van der Waals surface area contributed by atoms with Gasteiger partial charge >= 0.3 is 5.97 Å². The number of β-lactam (4-membered cyclic amide) rings is 1. The molecule has 0 aliphatic carbocycles. The van der Waals surface area contributed by atoms with E-state index in [9.17, 15) is 19.2 Å². The zero-order valence-electron chi connectivity index (χ0n) is 14.6. The Morgan fingerprint density at radius 3 is 2.78 bits per heavy atom. The molecule has 2 aliphatic rings. The second kappa shape index (κ2) is 7.69. The van der Waals surface area contributed by atoms with Crippen LogP contribution in [0.15, 0.2) is 17.3 Å². The molecule has 1 fully saturated rings. The number of thiazole rings is 1. The summed E-state index contributed by atoms with van der Waals surface area (Å²) in [4.78, 5) is 52.6. The monoisotopic (exact) mass is 410 g/mol. The van der Waals surface area contributed by atoms with Gasteiger partial charge < -0.3 is 15.8 Å². The van der Waals surface area contributed by atoms with E-state index in [1.807, 2.05) is 6.92 Å². The van der Waals surface area contributed by atoms with Crippen LogP contribution >= 0.6 is 23.1 Å². The topological polar surface area (TPSA) is 132 Å². The molecular formula is C16H18N4O5S2. The Hall–Kier alpha value is -2.40. The SMILES string of the molecule is CC(=O)CC(=O)OC1=CN2C(=O)C(NC(=O)Cc3csc(N)n3)[C@H]2SC1C. The fourth-order valence-corrected chi connectivity index (χ4v) is 4.55. The third-order valence-electron chi connectivity index (χ3n) is 3.94. The van der Waals surface area contributed by atoms with Crippen LogP contribution < -0.4 is 11.1 Å². The number of fused-ring (bicyclic) bond motifs is 1. The predicted octanol–water partition coefficient (Wildman–Crippen LogP) is 0.420. The van der Waals surface area contributed by atoms with E-state index in [2.05, 4.69) is 10.3 Å². The fraction of sp³-hybridized carbons (Fsp3) is 0.438. The molecule has 144 valence electrons. The van der Waals surface area contributed by atoms with E-state index in [0.29, 0.717) is 16.6 Å². The Kier molecular flexibility index (Phi) is 5.51. The summed E-state index contributed by atoms with van der Waals surface area (Å²) in [5.41, 5.74) is 6.10. The number of nitrogens with zero attached hydrogens (tertiary/aromatic N) is 2. The number of nitrogens with two attached hydrogens (primary N) is 1. The van der Waals surface area contributed by atoms with Crippen LogP contribution in [0.4, 0.5) is 5.13 Å². The van der Waals surface area contributed by atoms with Gasteiger partial charge in [-0.15, -0.1) is 23.1 Å². The van der Waals surface area contributed by atoms with Gasteiger partial charge in [-0.3, -0.25) is 24.1 Å². The summed E-state index contributed by atoms with van der Waals surface area (Å²) < 4.78 is 5.19. The number of thioether (sulfide) groups is 1. The maximum atomic E-state index is 12.3. The first kappa shape index (κ1) is 19.4. The van der Waals surface area contributed by atoms with Crippen molar-refractivity contribution < 1.29 is 23.9 Å². The summed E-state index contributed by atoms with van der Waals surface area (Å²) in [5.74, 6) is -1.22. The van der Waals surface area contributed by atoms with Crippen LogP contribution in [-0.2, 0) is 30.3 Å². The second-order valence-electron chi connectivity index (χ2n) is 6.20. The van der Waals surface area contributed by atoms with E-state index in [1.165, 1.54) is 41.1 Å². The number of ether oxygens (including phenoxy) is 1. The molecule has 0 bridgehead atoms. The minimum absolute atomic E-state index is 0.0498. The van der Waals surface area contributed by atoms with Crippen LogP contribution in [0.2, 0.25) is 0 Å². The van der Waals surface area contributed by atoms with E-state index in [0.717, 1.165) is 0 Å². The largest absolute Gasteiger partial charge is 0.428 e. The number of esters is 1. The third-order valence-corrected chi connectivity index (χ3v) is 6.08. The highest BCUT2D eigenvalue weighted by molar-refractivity contribution is 8.00. The molecule has 0 spiro atoms. The molecule has 2 amide bonds. The minimum Gasteiger partial charge on any atom is -0.428 e.